The Kier molecular flexibility index (Phi) is 6.00. The maximum Gasteiger partial charge on any atom is 0.316 e. The van der Waals surface area contributed by atoms with Gasteiger partial charge in [0.2, 0.25) is 5.91 Å². The first-order valence-electron chi connectivity index (χ1n) is 10.2. The fraction of sp³-hybridized carbons (Fsp3) is 0.240. The molecule has 6 heteroatoms. The number of benzene rings is 2. The fourth-order valence-corrected chi connectivity index (χ4v) is 4.76. The summed E-state index contributed by atoms with van der Waals surface area (Å²) in [6.45, 7) is 3.49. The van der Waals surface area contributed by atoms with Crippen LogP contribution in [0.5, 0.6) is 5.75 Å². The number of anilines is 1. The van der Waals surface area contributed by atoms with Crippen molar-refractivity contribution in [2.45, 2.75) is 32.7 Å². The van der Waals surface area contributed by atoms with Gasteiger partial charge in [0.1, 0.15) is 5.75 Å². The molecule has 2 aromatic carbocycles. The van der Waals surface area contributed by atoms with Crippen molar-refractivity contribution in [3.8, 4) is 5.75 Å². The molecule has 1 aliphatic rings. The molecule has 0 spiro atoms. The van der Waals surface area contributed by atoms with E-state index >= 15 is 0 Å². The minimum Gasteiger partial charge on any atom is -0.426 e. The van der Waals surface area contributed by atoms with Crippen LogP contribution in [0, 0.1) is 12.8 Å². The number of thiophene rings is 1. The van der Waals surface area contributed by atoms with E-state index in [0.717, 1.165) is 16.1 Å². The van der Waals surface area contributed by atoms with Gasteiger partial charge >= 0.3 is 5.97 Å². The van der Waals surface area contributed by atoms with Crippen molar-refractivity contribution < 1.29 is 19.1 Å². The topological polar surface area (TPSA) is 63.7 Å². The van der Waals surface area contributed by atoms with E-state index in [1.807, 2.05) is 48.7 Å². The number of ketones is 1. The number of hydrogen-bond donors (Lipinski definition) is 0. The van der Waals surface area contributed by atoms with E-state index in [1.54, 1.807) is 29.2 Å². The smallest absolute Gasteiger partial charge is 0.316 e. The maximum absolute atomic E-state index is 13.2. The summed E-state index contributed by atoms with van der Waals surface area (Å²) in [5, 5.41) is 1.95. The predicted molar refractivity (Wildman–Crippen MR) is 121 cm³/mol. The lowest BCUT2D eigenvalue weighted by Gasteiger charge is -2.39. The van der Waals surface area contributed by atoms with Gasteiger partial charge in [-0.25, -0.2) is 0 Å². The number of aryl methyl sites for hydroxylation is 1. The predicted octanol–water partition coefficient (Wildman–Crippen LogP) is 5.35. The molecular weight excluding hydrogens is 410 g/mol. The van der Waals surface area contributed by atoms with Gasteiger partial charge in [0.25, 0.3) is 0 Å². The third kappa shape index (κ3) is 4.44. The number of ether oxygens (including phenoxy) is 1. The molecule has 2 heterocycles. The average Bonchev–Trinajstić information content (AvgIpc) is 3.29. The van der Waals surface area contributed by atoms with Crippen LogP contribution in [0.25, 0.3) is 0 Å². The summed E-state index contributed by atoms with van der Waals surface area (Å²) < 4.78 is 5.67. The van der Waals surface area contributed by atoms with E-state index in [9.17, 15) is 14.4 Å². The number of piperidine rings is 1. The van der Waals surface area contributed by atoms with Crippen LogP contribution in [0.3, 0.4) is 0 Å². The molecule has 0 unspecified atom stereocenters. The third-order valence-corrected chi connectivity index (χ3v) is 6.47. The van der Waals surface area contributed by atoms with Crippen LogP contribution < -0.4 is 9.64 Å². The lowest BCUT2D eigenvalue weighted by Crippen LogP contribution is -2.46. The molecule has 1 fully saturated rings. The summed E-state index contributed by atoms with van der Waals surface area (Å²) in [4.78, 5) is 40.3. The molecule has 158 valence electrons. The summed E-state index contributed by atoms with van der Waals surface area (Å²) in [6.07, 6.45) is 0.701. The number of carbonyl (C=O) groups is 3. The highest BCUT2D eigenvalue weighted by Crippen LogP contribution is 2.42. The molecule has 1 aromatic heterocycles. The first-order valence-corrected chi connectivity index (χ1v) is 11.1. The molecule has 0 N–H and O–H groups in total. The minimum atomic E-state index is -0.495. The molecule has 5 nitrogen and oxygen atoms in total. The molecule has 1 aliphatic heterocycles. The van der Waals surface area contributed by atoms with E-state index in [-0.39, 0.29) is 24.1 Å². The largest absolute Gasteiger partial charge is 0.426 e. The molecule has 3 aromatic rings. The quantitative estimate of drug-likeness (QED) is 0.309. The zero-order valence-electron chi connectivity index (χ0n) is 17.4. The van der Waals surface area contributed by atoms with Crippen LogP contribution in [0.2, 0.25) is 0 Å². The Balaban J connectivity index is 1.65. The van der Waals surface area contributed by atoms with Crippen molar-refractivity contribution in [2.24, 2.45) is 5.92 Å². The molecule has 0 radical (unpaired) electrons. The standard InChI is InChI=1S/C25H23NO4S/c1-16-5-9-19(10-6-16)26-23(28)14-13-21(24(26)22-4-3-15-31-22)25(29)30-20-11-7-18(8-12-20)17(2)27/h3-12,15,21,24H,13-14H2,1-2H3/t21-,24+/m0/s1. The van der Waals surface area contributed by atoms with Crippen molar-refractivity contribution in [3.05, 3.63) is 82.0 Å². The molecule has 0 aliphatic carbocycles. The molecule has 4 rings (SSSR count). The molecule has 0 saturated carbocycles. The van der Waals surface area contributed by atoms with Crippen molar-refractivity contribution in [2.75, 3.05) is 4.90 Å². The monoisotopic (exact) mass is 433 g/mol. The van der Waals surface area contributed by atoms with Crippen LogP contribution in [-0.2, 0) is 9.59 Å². The Hall–Kier alpha value is -3.25. The number of amides is 1. The Morgan fingerprint density at radius 2 is 1.74 bits per heavy atom. The summed E-state index contributed by atoms with van der Waals surface area (Å²) in [5.41, 5.74) is 2.44. The van der Waals surface area contributed by atoms with Crippen molar-refractivity contribution in [1.29, 1.82) is 0 Å². The second kappa shape index (κ2) is 8.86. The number of hydrogen-bond acceptors (Lipinski definition) is 5. The zero-order chi connectivity index (χ0) is 22.0. The van der Waals surface area contributed by atoms with Gasteiger partial charge in [-0.05, 0) is 68.1 Å². The lowest BCUT2D eigenvalue weighted by molar-refractivity contribution is -0.141. The molecule has 0 bridgehead atoms. The second-order valence-electron chi connectivity index (χ2n) is 7.71. The van der Waals surface area contributed by atoms with Gasteiger partial charge in [-0.2, -0.15) is 0 Å². The number of rotatable bonds is 5. The first-order chi connectivity index (χ1) is 14.9. The first kappa shape index (κ1) is 21.0. The van der Waals surface area contributed by atoms with E-state index in [2.05, 4.69) is 0 Å². The second-order valence-corrected chi connectivity index (χ2v) is 8.69. The van der Waals surface area contributed by atoms with E-state index in [4.69, 9.17) is 4.74 Å². The molecule has 1 saturated heterocycles. The van der Waals surface area contributed by atoms with E-state index < -0.39 is 12.0 Å². The highest BCUT2D eigenvalue weighted by molar-refractivity contribution is 7.10. The van der Waals surface area contributed by atoms with E-state index in [0.29, 0.717) is 17.7 Å². The maximum atomic E-state index is 13.2. The van der Waals surface area contributed by atoms with E-state index in [1.165, 1.54) is 18.3 Å². The van der Waals surface area contributed by atoms with Gasteiger partial charge in [0.05, 0.1) is 12.0 Å². The summed E-state index contributed by atoms with van der Waals surface area (Å²) in [6, 6.07) is 17.8. The molecular formula is C25H23NO4S. The molecule has 1 amide bonds. The Morgan fingerprint density at radius 3 is 2.35 bits per heavy atom. The van der Waals surface area contributed by atoms with Crippen molar-refractivity contribution >= 4 is 34.7 Å². The third-order valence-electron chi connectivity index (χ3n) is 5.53. The fourth-order valence-electron chi connectivity index (χ4n) is 3.88. The SMILES string of the molecule is CC(=O)c1ccc(OC(=O)[C@H]2CCC(=O)N(c3ccc(C)cc3)[C@H]2c2cccs2)cc1. The van der Waals surface area contributed by atoms with Gasteiger partial charge in [-0.3, -0.25) is 14.4 Å². The Bertz CT molecular complexity index is 1090. The average molecular weight is 434 g/mol. The highest BCUT2D eigenvalue weighted by Gasteiger charge is 2.43. The van der Waals surface area contributed by atoms with Crippen LogP contribution in [-0.4, -0.2) is 17.7 Å². The normalized spacial score (nSPS) is 18.6. The van der Waals surface area contributed by atoms with Gasteiger partial charge < -0.3 is 9.64 Å². The summed E-state index contributed by atoms with van der Waals surface area (Å²) >= 11 is 1.53. The number of Topliss-reactive ketones (excluding diaryl/α,β-unsaturated/α-hetero) is 1. The van der Waals surface area contributed by atoms with Crippen molar-refractivity contribution in [1.82, 2.24) is 0 Å². The number of carbonyl (C=O) groups excluding carboxylic acids is 3. The van der Waals surface area contributed by atoms with Gasteiger partial charge in [-0.15, -0.1) is 11.3 Å². The lowest BCUT2D eigenvalue weighted by atomic mass is 9.87. The van der Waals surface area contributed by atoms with Gasteiger partial charge in [-0.1, -0.05) is 23.8 Å². The molecule has 31 heavy (non-hydrogen) atoms. The Morgan fingerprint density at radius 1 is 1.03 bits per heavy atom. The Labute approximate surface area is 185 Å². The zero-order valence-corrected chi connectivity index (χ0v) is 18.2. The van der Waals surface area contributed by atoms with Crippen LogP contribution in [0.15, 0.2) is 66.0 Å². The number of esters is 1. The summed E-state index contributed by atoms with van der Waals surface area (Å²) in [7, 11) is 0. The van der Waals surface area contributed by atoms with Crippen LogP contribution in [0.4, 0.5) is 5.69 Å². The number of nitrogens with zero attached hydrogens (tertiary/aromatic N) is 1. The van der Waals surface area contributed by atoms with Gasteiger partial charge in [0.15, 0.2) is 5.78 Å². The molecule has 2 atom stereocenters. The van der Waals surface area contributed by atoms with Gasteiger partial charge in [0, 0.05) is 22.5 Å². The van der Waals surface area contributed by atoms with Crippen LogP contribution in [0.1, 0.15) is 46.6 Å². The summed E-state index contributed by atoms with van der Waals surface area (Å²) in [5.74, 6) is -0.533. The highest BCUT2D eigenvalue weighted by atomic mass is 32.1. The van der Waals surface area contributed by atoms with Crippen LogP contribution >= 0.6 is 11.3 Å². The minimum absolute atomic E-state index is 0.00267. The van der Waals surface area contributed by atoms with Crippen molar-refractivity contribution in [3.63, 3.8) is 0 Å².